The molecule has 1 N–H and O–H groups in total. The second-order valence-electron chi connectivity index (χ2n) is 7.58. The zero-order valence-corrected chi connectivity index (χ0v) is 15.1. The van der Waals surface area contributed by atoms with Gasteiger partial charge in [-0.15, -0.1) is 0 Å². The summed E-state index contributed by atoms with van der Waals surface area (Å²) in [6, 6.07) is 6.34. The van der Waals surface area contributed by atoms with E-state index in [4.69, 9.17) is 0 Å². The van der Waals surface area contributed by atoms with Crippen molar-refractivity contribution in [3.05, 3.63) is 29.8 Å². The van der Waals surface area contributed by atoms with E-state index in [2.05, 4.69) is 10.1 Å². The number of hydrogen-bond donors (Lipinski definition) is 1. The molecule has 3 amide bonds. The Balaban J connectivity index is 1.32. The molecule has 1 aliphatic heterocycles. The van der Waals surface area contributed by atoms with Crippen LogP contribution in [0.15, 0.2) is 24.3 Å². The maximum atomic E-state index is 12.6. The van der Waals surface area contributed by atoms with Crippen LogP contribution in [-0.4, -0.2) is 42.2 Å². The predicted molar refractivity (Wildman–Crippen MR) is 95.6 cm³/mol. The van der Waals surface area contributed by atoms with Crippen LogP contribution in [0.4, 0.5) is 5.69 Å². The van der Waals surface area contributed by atoms with Gasteiger partial charge in [0.25, 0.3) is 0 Å². The molecule has 3 fully saturated rings. The molecule has 0 spiro atoms. The molecule has 2 saturated carbocycles. The van der Waals surface area contributed by atoms with Crippen molar-refractivity contribution in [3.8, 4) is 0 Å². The molecular formula is C20H22N2O5. The summed E-state index contributed by atoms with van der Waals surface area (Å²) in [5, 5.41) is 2.72. The number of carbonyl (C=O) groups is 4. The monoisotopic (exact) mass is 370 g/mol. The highest BCUT2D eigenvalue weighted by Crippen LogP contribution is 2.56. The first-order chi connectivity index (χ1) is 13.0. The van der Waals surface area contributed by atoms with Crippen molar-refractivity contribution < 1.29 is 23.9 Å². The number of hydrogen-bond acceptors (Lipinski definition) is 5. The molecule has 27 heavy (non-hydrogen) atoms. The Hall–Kier alpha value is -2.70. The number of methoxy groups -OCH3 is 1. The van der Waals surface area contributed by atoms with E-state index in [0.717, 1.165) is 19.3 Å². The second kappa shape index (κ2) is 6.79. The summed E-state index contributed by atoms with van der Waals surface area (Å²) in [6.07, 6.45) is 3.15. The third-order valence-corrected chi connectivity index (χ3v) is 6.17. The molecule has 3 aliphatic rings. The average molecular weight is 370 g/mol. The molecule has 0 unspecified atom stereocenters. The average Bonchev–Trinajstić information content (AvgIpc) is 3.35. The quantitative estimate of drug-likeness (QED) is 0.631. The summed E-state index contributed by atoms with van der Waals surface area (Å²) in [5.74, 6) is -0.498. The van der Waals surface area contributed by atoms with Gasteiger partial charge in [0, 0.05) is 18.7 Å². The Kier molecular flexibility index (Phi) is 4.45. The van der Waals surface area contributed by atoms with Crippen LogP contribution < -0.4 is 5.32 Å². The number of likely N-dealkylation sites (tertiary alicyclic amines) is 1. The van der Waals surface area contributed by atoms with Crippen molar-refractivity contribution in [1.29, 1.82) is 0 Å². The van der Waals surface area contributed by atoms with Crippen molar-refractivity contribution in [2.75, 3.05) is 19.0 Å². The van der Waals surface area contributed by atoms with Gasteiger partial charge in [-0.2, -0.15) is 0 Å². The number of ether oxygens (including phenoxy) is 1. The second-order valence-corrected chi connectivity index (χ2v) is 7.58. The van der Waals surface area contributed by atoms with Gasteiger partial charge in [-0.3, -0.25) is 19.3 Å². The van der Waals surface area contributed by atoms with Crippen LogP contribution in [-0.2, 0) is 19.1 Å². The van der Waals surface area contributed by atoms with Crippen LogP contribution in [0.25, 0.3) is 0 Å². The van der Waals surface area contributed by atoms with Gasteiger partial charge in [0.05, 0.1) is 24.5 Å². The molecule has 2 aliphatic carbocycles. The molecule has 0 radical (unpaired) electrons. The highest BCUT2D eigenvalue weighted by Gasteiger charge is 2.60. The summed E-state index contributed by atoms with van der Waals surface area (Å²) >= 11 is 0. The van der Waals surface area contributed by atoms with Gasteiger partial charge in [0.1, 0.15) is 0 Å². The molecule has 2 bridgehead atoms. The minimum absolute atomic E-state index is 0.0605. The van der Waals surface area contributed by atoms with Gasteiger partial charge in [0.15, 0.2) is 0 Å². The third kappa shape index (κ3) is 3.01. The van der Waals surface area contributed by atoms with E-state index >= 15 is 0 Å². The highest BCUT2D eigenvalue weighted by atomic mass is 16.5. The van der Waals surface area contributed by atoms with Crippen LogP contribution >= 0.6 is 0 Å². The minimum Gasteiger partial charge on any atom is -0.465 e. The lowest BCUT2D eigenvalue weighted by molar-refractivity contribution is -0.140. The van der Waals surface area contributed by atoms with Gasteiger partial charge in [-0.1, -0.05) is 0 Å². The number of carbonyl (C=O) groups excluding carboxylic acids is 4. The first-order valence-corrected chi connectivity index (χ1v) is 9.33. The Morgan fingerprint density at radius 3 is 2.22 bits per heavy atom. The summed E-state index contributed by atoms with van der Waals surface area (Å²) < 4.78 is 4.63. The molecule has 1 aromatic carbocycles. The lowest BCUT2D eigenvalue weighted by Crippen LogP contribution is -2.35. The van der Waals surface area contributed by atoms with Crippen molar-refractivity contribution in [2.45, 2.75) is 25.7 Å². The van der Waals surface area contributed by atoms with Crippen LogP contribution in [0.1, 0.15) is 36.0 Å². The Labute approximate surface area is 157 Å². The number of fused-ring (bicyclic) bond motifs is 5. The lowest BCUT2D eigenvalue weighted by Gasteiger charge is -2.19. The molecule has 7 heteroatoms. The SMILES string of the molecule is COC(=O)c1ccc(NC(=O)CCN2C(=O)[C@H]3[C@@H]4CC[C@@H](C4)[C@@H]3C2=O)cc1. The maximum Gasteiger partial charge on any atom is 0.337 e. The Morgan fingerprint density at radius 1 is 1.07 bits per heavy atom. The number of anilines is 1. The standard InChI is InChI=1S/C20H22N2O5/c1-27-20(26)11-4-6-14(7-5-11)21-15(23)8-9-22-18(24)16-12-2-3-13(10-12)17(16)19(22)25/h4-7,12-13,16-17H,2-3,8-10H2,1H3,(H,21,23)/t12-,13+,16-,17-/m0/s1. The first-order valence-electron chi connectivity index (χ1n) is 9.33. The lowest BCUT2D eigenvalue weighted by atomic mass is 9.81. The van der Waals surface area contributed by atoms with E-state index in [1.54, 1.807) is 24.3 Å². The normalized spacial score (nSPS) is 28.4. The van der Waals surface area contributed by atoms with Crippen LogP contribution in [0, 0.1) is 23.7 Å². The summed E-state index contributed by atoms with van der Waals surface area (Å²) in [6.45, 7) is 0.121. The number of esters is 1. The Morgan fingerprint density at radius 2 is 1.67 bits per heavy atom. The van der Waals surface area contributed by atoms with Gasteiger partial charge in [0.2, 0.25) is 17.7 Å². The zero-order chi connectivity index (χ0) is 19.1. The Bertz CT molecular complexity index is 775. The van der Waals surface area contributed by atoms with Gasteiger partial charge in [-0.25, -0.2) is 4.79 Å². The number of imide groups is 1. The number of rotatable bonds is 5. The largest absolute Gasteiger partial charge is 0.465 e. The molecule has 1 heterocycles. The van der Waals surface area contributed by atoms with Crippen LogP contribution in [0.2, 0.25) is 0 Å². The van der Waals surface area contributed by atoms with Crippen molar-refractivity contribution in [2.24, 2.45) is 23.7 Å². The van der Waals surface area contributed by atoms with E-state index in [1.165, 1.54) is 12.0 Å². The fraction of sp³-hybridized carbons (Fsp3) is 0.500. The molecule has 4 atom stereocenters. The number of benzene rings is 1. The minimum atomic E-state index is -0.446. The fourth-order valence-corrected chi connectivity index (χ4v) is 4.94. The number of nitrogens with one attached hydrogen (secondary N) is 1. The molecule has 4 rings (SSSR count). The van der Waals surface area contributed by atoms with Crippen LogP contribution in [0.3, 0.4) is 0 Å². The van der Waals surface area contributed by atoms with Crippen molar-refractivity contribution >= 4 is 29.4 Å². The van der Waals surface area contributed by atoms with E-state index < -0.39 is 5.97 Å². The summed E-state index contributed by atoms with van der Waals surface area (Å²) in [5.41, 5.74) is 0.937. The molecule has 0 aromatic heterocycles. The van der Waals surface area contributed by atoms with Gasteiger partial charge < -0.3 is 10.1 Å². The van der Waals surface area contributed by atoms with Crippen molar-refractivity contribution in [1.82, 2.24) is 4.90 Å². The summed E-state index contributed by atoms with van der Waals surface area (Å²) in [4.78, 5) is 50.1. The van der Waals surface area contributed by atoms with Gasteiger partial charge >= 0.3 is 5.97 Å². The van der Waals surface area contributed by atoms with E-state index in [-0.39, 0.29) is 42.5 Å². The molecule has 1 aromatic rings. The van der Waals surface area contributed by atoms with Crippen LogP contribution in [0.5, 0.6) is 0 Å². The van der Waals surface area contributed by atoms with E-state index in [9.17, 15) is 19.2 Å². The molecule has 7 nitrogen and oxygen atoms in total. The van der Waals surface area contributed by atoms with E-state index in [1.807, 2.05) is 0 Å². The fourth-order valence-electron chi connectivity index (χ4n) is 4.94. The number of amides is 3. The predicted octanol–water partition coefficient (Wildman–Crippen LogP) is 1.83. The highest BCUT2D eigenvalue weighted by molar-refractivity contribution is 6.06. The topological polar surface area (TPSA) is 92.8 Å². The van der Waals surface area contributed by atoms with E-state index in [0.29, 0.717) is 23.1 Å². The van der Waals surface area contributed by atoms with Crippen molar-refractivity contribution in [3.63, 3.8) is 0 Å². The number of nitrogens with zero attached hydrogens (tertiary/aromatic N) is 1. The zero-order valence-electron chi connectivity index (χ0n) is 15.1. The smallest absolute Gasteiger partial charge is 0.337 e. The molecular weight excluding hydrogens is 348 g/mol. The first kappa shape index (κ1) is 17.7. The van der Waals surface area contributed by atoms with Gasteiger partial charge in [-0.05, 0) is 55.4 Å². The third-order valence-electron chi connectivity index (χ3n) is 6.17. The maximum absolute atomic E-state index is 12.6. The molecule has 142 valence electrons. The molecule has 1 saturated heterocycles. The summed E-state index contributed by atoms with van der Waals surface area (Å²) in [7, 11) is 1.30.